The molecule has 1 unspecified atom stereocenters. The third kappa shape index (κ3) is 3.66. The maximum Gasteiger partial charge on any atom is 0.243 e. The van der Waals surface area contributed by atoms with Crippen molar-refractivity contribution in [2.45, 2.75) is 30.7 Å². The van der Waals surface area contributed by atoms with E-state index in [1.807, 2.05) is 0 Å². The summed E-state index contributed by atoms with van der Waals surface area (Å²) >= 11 is 0. The second kappa shape index (κ2) is 5.99. The third-order valence-electron chi connectivity index (χ3n) is 2.52. The van der Waals surface area contributed by atoms with Gasteiger partial charge in [-0.3, -0.25) is 0 Å². The lowest BCUT2D eigenvalue weighted by Crippen LogP contribution is -2.34. The van der Waals surface area contributed by atoms with Crippen LogP contribution < -0.4 is 10.5 Å². The molecule has 104 valence electrons. The van der Waals surface area contributed by atoms with Gasteiger partial charge in [0.25, 0.3) is 0 Å². The van der Waals surface area contributed by atoms with E-state index in [4.69, 9.17) is 12.2 Å². The quantitative estimate of drug-likeness (QED) is 0.639. The van der Waals surface area contributed by atoms with E-state index >= 15 is 0 Å². The fourth-order valence-corrected chi connectivity index (χ4v) is 2.86. The first-order valence-electron chi connectivity index (χ1n) is 5.52. The lowest BCUT2D eigenvalue weighted by molar-refractivity contribution is 0.526. The molecule has 0 spiro atoms. The van der Waals surface area contributed by atoms with E-state index in [0.29, 0.717) is 12.5 Å². The van der Waals surface area contributed by atoms with Crippen molar-refractivity contribution in [2.75, 3.05) is 5.73 Å². The zero-order valence-electron chi connectivity index (χ0n) is 10.3. The molecule has 0 aliphatic rings. The second-order valence-corrected chi connectivity index (χ2v) is 5.62. The van der Waals surface area contributed by atoms with Crippen molar-refractivity contribution < 1.29 is 17.2 Å². The SMILES string of the molecule is C#CCC(CC)NS(=O)(=O)c1cc(N)c(F)cc1F. The van der Waals surface area contributed by atoms with Crippen LogP contribution in [-0.2, 0) is 10.0 Å². The van der Waals surface area contributed by atoms with Gasteiger partial charge in [-0.2, -0.15) is 0 Å². The van der Waals surface area contributed by atoms with E-state index in [-0.39, 0.29) is 6.42 Å². The fourth-order valence-electron chi connectivity index (χ4n) is 1.45. The maximum atomic E-state index is 13.5. The van der Waals surface area contributed by atoms with Gasteiger partial charge < -0.3 is 5.73 Å². The molecule has 0 radical (unpaired) electrons. The van der Waals surface area contributed by atoms with Crippen molar-refractivity contribution in [1.82, 2.24) is 4.72 Å². The zero-order valence-corrected chi connectivity index (χ0v) is 11.1. The van der Waals surface area contributed by atoms with Gasteiger partial charge in [0, 0.05) is 18.5 Å². The molecule has 4 nitrogen and oxygen atoms in total. The molecule has 1 aromatic rings. The van der Waals surface area contributed by atoms with E-state index in [1.54, 1.807) is 6.92 Å². The highest BCUT2D eigenvalue weighted by Crippen LogP contribution is 2.21. The predicted octanol–water partition coefficient (Wildman–Crippen LogP) is 1.63. The molecule has 19 heavy (non-hydrogen) atoms. The van der Waals surface area contributed by atoms with Crippen LogP contribution in [0.4, 0.5) is 14.5 Å². The number of nitrogen functional groups attached to an aromatic ring is 1. The Morgan fingerprint density at radius 3 is 2.58 bits per heavy atom. The third-order valence-corrected chi connectivity index (χ3v) is 4.06. The van der Waals surface area contributed by atoms with Crippen LogP contribution in [0.15, 0.2) is 17.0 Å². The molecule has 0 saturated carbocycles. The molecule has 0 aromatic heterocycles. The van der Waals surface area contributed by atoms with E-state index in [1.165, 1.54) is 0 Å². The van der Waals surface area contributed by atoms with Gasteiger partial charge in [0.1, 0.15) is 16.5 Å². The fraction of sp³-hybridized carbons (Fsp3) is 0.333. The van der Waals surface area contributed by atoms with Crippen LogP contribution in [0.1, 0.15) is 19.8 Å². The van der Waals surface area contributed by atoms with E-state index < -0.39 is 38.3 Å². The van der Waals surface area contributed by atoms with Gasteiger partial charge in [-0.25, -0.2) is 21.9 Å². The molecule has 0 bridgehead atoms. The minimum atomic E-state index is -4.13. The van der Waals surface area contributed by atoms with Crippen molar-refractivity contribution in [1.29, 1.82) is 0 Å². The molecule has 0 aliphatic carbocycles. The summed E-state index contributed by atoms with van der Waals surface area (Å²) in [5.41, 5.74) is 4.80. The van der Waals surface area contributed by atoms with Gasteiger partial charge >= 0.3 is 0 Å². The molecule has 0 saturated heterocycles. The number of anilines is 1. The molecule has 0 heterocycles. The first-order chi connectivity index (χ1) is 8.81. The Kier molecular flexibility index (Phi) is 4.86. The van der Waals surface area contributed by atoms with Crippen LogP contribution in [0.5, 0.6) is 0 Å². The minimum absolute atomic E-state index is 0.175. The van der Waals surface area contributed by atoms with Gasteiger partial charge in [-0.1, -0.05) is 6.92 Å². The number of halogens is 2. The van der Waals surface area contributed by atoms with Crippen LogP contribution in [0.3, 0.4) is 0 Å². The van der Waals surface area contributed by atoms with Gasteiger partial charge in [0.15, 0.2) is 0 Å². The van der Waals surface area contributed by atoms with Crippen LogP contribution in [0, 0.1) is 24.0 Å². The Balaban J connectivity index is 3.14. The smallest absolute Gasteiger partial charge is 0.243 e. The first kappa shape index (κ1) is 15.4. The number of hydrogen-bond acceptors (Lipinski definition) is 3. The number of sulfonamides is 1. The Morgan fingerprint density at radius 1 is 1.42 bits per heavy atom. The molecule has 1 atom stereocenters. The number of rotatable bonds is 5. The summed E-state index contributed by atoms with van der Waals surface area (Å²) in [4.78, 5) is -0.693. The van der Waals surface area contributed by atoms with Gasteiger partial charge in [0.2, 0.25) is 10.0 Å². The molecule has 0 amide bonds. The van der Waals surface area contributed by atoms with E-state index in [9.17, 15) is 17.2 Å². The molecule has 3 N–H and O–H groups in total. The Labute approximate surface area is 111 Å². The highest BCUT2D eigenvalue weighted by atomic mass is 32.2. The summed E-state index contributed by atoms with van der Waals surface area (Å²) in [5, 5.41) is 0. The molecular formula is C12H14F2N2O2S. The monoisotopic (exact) mass is 288 g/mol. The zero-order chi connectivity index (χ0) is 14.6. The summed E-state index contributed by atoms with van der Waals surface area (Å²) in [6, 6.07) is 0.669. The normalized spacial score (nSPS) is 12.9. The topological polar surface area (TPSA) is 72.2 Å². The van der Waals surface area contributed by atoms with Gasteiger partial charge in [-0.05, 0) is 12.5 Å². The van der Waals surface area contributed by atoms with Gasteiger partial charge in [-0.15, -0.1) is 12.3 Å². The minimum Gasteiger partial charge on any atom is -0.396 e. The van der Waals surface area contributed by atoms with Crippen LogP contribution in [0.25, 0.3) is 0 Å². The maximum absolute atomic E-state index is 13.5. The molecule has 7 heteroatoms. The molecule has 0 fully saturated rings. The number of nitrogens with one attached hydrogen (secondary N) is 1. The van der Waals surface area contributed by atoms with Crippen LogP contribution in [0.2, 0.25) is 0 Å². The Bertz CT molecular complexity index is 609. The number of hydrogen-bond donors (Lipinski definition) is 2. The molecular weight excluding hydrogens is 274 g/mol. The largest absolute Gasteiger partial charge is 0.396 e. The van der Waals surface area contributed by atoms with Crippen molar-refractivity contribution in [3.8, 4) is 12.3 Å². The number of terminal acetylenes is 1. The molecule has 0 aliphatic heterocycles. The van der Waals surface area contributed by atoms with E-state index in [2.05, 4.69) is 10.6 Å². The standard InChI is InChI=1S/C12H14F2N2O2S/c1-3-5-8(4-2)16-19(17,18)12-7-11(15)9(13)6-10(12)14/h1,6-8,16H,4-5,15H2,2H3. The summed E-state index contributed by atoms with van der Waals surface area (Å²) in [7, 11) is -4.13. The predicted molar refractivity (Wildman–Crippen MR) is 68.6 cm³/mol. The highest BCUT2D eigenvalue weighted by molar-refractivity contribution is 7.89. The average molecular weight is 288 g/mol. The van der Waals surface area contributed by atoms with Crippen molar-refractivity contribution in [2.24, 2.45) is 0 Å². The summed E-state index contributed by atoms with van der Waals surface area (Å²) in [6.07, 6.45) is 5.73. The summed E-state index contributed by atoms with van der Waals surface area (Å²) in [6.45, 7) is 1.74. The van der Waals surface area contributed by atoms with Crippen molar-refractivity contribution >= 4 is 15.7 Å². The van der Waals surface area contributed by atoms with Crippen molar-refractivity contribution in [3.05, 3.63) is 23.8 Å². The van der Waals surface area contributed by atoms with Crippen molar-refractivity contribution in [3.63, 3.8) is 0 Å². The Morgan fingerprint density at radius 2 is 2.05 bits per heavy atom. The second-order valence-electron chi connectivity index (χ2n) is 3.94. The average Bonchev–Trinajstić information content (AvgIpc) is 2.32. The molecule has 1 rings (SSSR count). The summed E-state index contributed by atoms with van der Waals surface area (Å²) < 4.78 is 52.7. The lowest BCUT2D eigenvalue weighted by atomic mass is 10.2. The van der Waals surface area contributed by atoms with Crippen LogP contribution >= 0.6 is 0 Å². The molecule has 1 aromatic carbocycles. The van der Waals surface area contributed by atoms with Crippen LogP contribution in [-0.4, -0.2) is 14.5 Å². The highest BCUT2D eigenvalue weighted by Gasteiger charge is 2.23. The van der Waals surface area contributed by atoms with E-state index in [0.717, 1.165) is 6.07 Å². The number of nitrogens with two attached hydrogens (primary N) is 1. The Hall–Kier alpha value is -1.65. The first-order valence-corrected chi connectivity index (χ1v) is 7.00. The summed E-state index contributed by atoms with van der Waals surface area (Å²) in [5.74, 6) is 0.116. The lowest BCUT2D eigenvalue weighted by Gasteiger charge is -2.15. The number of benzene rings is 1. The van der Waals surface area contributed by atoms with Gasteiger partial charge in [0.05, 0.1) is 5.69 Å².